The van der Waals surface area contributed by atoms with Crippen LogP contribution in [0.2, 0.25) is 0 Å². The molecule has 1 fully saturated rings. The molecule has 1 N–H and O–H groups in total. The first kappa shape index (κ1) is 18.0. The van der Waals surface area contributed by atoms with Gasteiger partial charge in [-0.15, -0.1) is 0 Å². The zero-order valence-electron chi connectivity index (χ0n) is 16.2. The number of hydrogen-bond acceptors (Lipinski definition) is 3. The molecule has 1 heterocycles. The minimum absolute atomic E-state index is 0.323. The molecule has 3 heteroatoms. The third kappa shape index (κ3) is 4.67. The Morgan fingerprint density at radius 3 is 2.48 bits per heavy atom. The van der Waals surface area contributed by atoms with E-state index < -0.39 is 0 Å². The van der Waals surface area contributed by atoms with Crippen LogP contribution in [0.4, 0.5) is 0 Å². The first-order chi connectivity index (χ1) is 13.2. The Morgan fingerprint density at radius 1 is 0.926 bits per heavy atom. The molecule has 0 amide bonds. The van der Waals surface area contributed by atoms with E-state index in [-0.39, 0.29) is 0 Å². The number of benzene rings is 2. The van der Waals surface area contributed by atoms with E-state index in [2.05, 4.69) is 60.5 Å². The lowest BCUT2D eigenvalue weighted by atomic mass is 9.92. The fraction of sp³-hybridized carbons (Fsp3) is 0.375. The Hall–Kier alpha value is -2.39. The molecule has 27 heavy (non-hydrogen) atoms. The van der Waals surface area contributed by atoms with Gasteiger partial charge in [0.05, 0.1) is 6.10 Å². The number of aryl methyl sites for hydroxylation is 2. The molecule has 2 aromatic carbocycles. The summed E-state index contributed by atoms with van der Waals surface area (Å²) in [6, 6.07) is 15.7. The Kier molecular flexibility index (Phi) is 5.40. The van der Waals surface area contributed by atoms with Gasteiger partial charge in [0.25, 0.3) is 0 Å². The van der Waals surface area contributed by atoms with Gasteiger partial charge in [0.1, 0.15) is 5.75 Å². The van der Waals surface area contributed by atoms with Crippen LogP contribution in [0, 0.1) is 13.8 Å². The molecule has 4 rings (SSSR count). The standard InChI is InChI=1S/C24H28N2O/c1-17-11-18(2)13-19(12-17)15-26-22-4-7-23(8-5-22)27-24-6-3-21-16-25-10-9-20(21)14-24/h3,6,9-14,16,22-23,26H,4-5,7-8,15H2,1-2H3. The number of rotatable bonds is 5. The summed E-state index contributed by atoms with van der Waals surface area (Å²) in [5.74, 6) is 0.973. The van der Waals surface area contributed by atoms with Gasteiger partial charge >= 0.3 is 0 Å². The Morgan fingerprint density at radius 2 is 1.70 bits per heavy atom. The quantitative estimate of drug-likeness (QED) is 0.667. The predicted molar refractivity (Wildman–Crippen MR) is 111 cm³/mol. The number of nitrogens with zero attached hydrogens (tertiary/aromatic N) is 1. The van der Waals surface area contributed by atoms with E-state index in [1.165, 1.54) is 34.9 Å². The molecule has 0 atom stereocenters. The van der Waals surface area contributed by atoms with Gasteiger partial charge in [-0.1, -0.05) is 29.3 Å². The number of fused-ring (bicyclic) bond motifs is 1. The van der Waals surface area contributed by atoms with Crippen LogP contribution in [-0.2, 0) is 6.54 Å². The van der Waals surface area contributed by atoms with Gasteiger partial charge in [0, 0.05) is 30.4 Å². The van der Waals surface area contributed by atoms with Crippen LogP contribution in [0.1, 0.15) is 42.4 Å². The van der Waals surface area contributed by atoms with E-state index >= 15 is 0 Å². The van der Waals surface area contributed by atoms with Gasteiger partial charge in [-0.3, -0.25) is 4.98 Å². The molecule has 3 aromatic rings. The molecule has 0 aliphatic heterocycles. The molecule has 1 aliphatic rings. The molecular weight excluding hydrogens is 332 g/mol. The average Bonchev–Trinajstić information content (AvgIpc) is 2.67. The van der Waals surface area contributed by atoms with E-state index in [9.17, 15) is 0 Å². The smallest absolute Gasteiger partial charge is 0.120 e. The van der Waals surface area contributed by atoms with Gasteiger partial charge in [-0.05, 0) is 74.7 Å². The lowest BCUT2D eigenvalue weighted by Gasteiger charge is -2.30. The number of ether oxygens (including phenoxy) is 1. The second kappa shape index (κ2) is 8.10. The second-order valence-electron chi connectivity index (χ2n) is 7.85. The topological polar surface area (TPSA) is 34.1 Å². The zero-order valence-corrected chi connectivity index (χ0v) is 16.2. The maximum absolute atomic E-state index is 6.26. The Bertz CT molecular complexity index is 893. The predicted octanol–water partition coefficient (Wildman–Crippen LogP) is 5.33. The summed E-state index contributed by atoms with van der Waals surface area (Å²) in [6.45, 7) is 5.29. The lowest BCUT2D eigenvalue weighted by Crippen LogP contribution is -2.36. The van der Waals surface area contributed by atoms with E-state index in [0.717, 1.165) is 30.5 Å². The third-order valence-electron chi connectivity index (χ3n) is 5.47. The molecule has 140 valence electrons. The second-order valence-corrected chi connectivity index (χ2v) is 7.85. The summed E-state index contributed by atoms with van der Waals surface area (Å²) >= 11 is 0. The van der Waals surface area contributed by atoms with Gasteiger partial charge in [0.2, 0.25) is 0 Å². The first-order valence-corrected chi connectivity index (χ1v) is 9.97. The summed E-state index contributed by atoms with van der Waals surface area (Å²) in [5.41, 5.74) is 4.07. The van der Waals surface area contributed by atoms with Crippen molar-refractivity contribution < 1.29 is 4.74 Å². The fourth-order valence-corrected chi connectivity index (χ4v) is 4.15. The van der Waals surface area contributed by atoms with Crippen LogP contribution >= 0.6 is 0 Å². The normalized spacial score (nSPS) is 19.9. The summed E-state index contributed by atoms with van der Waals surface area (Å²) in [6.07, 6.45) is 8.62. The molecular formula is C24H28N2O. The number of pyridine rings is 1. The molecule has 0 radical (unpaired) electrons. The highest BCUT2D eigenvalue weighted by Gasteiger charge is 2.22. The molecule has 0 spiro atoms. The number of nitrogens with one attached hydrogen (secondary N) is 1. The van der Waals surface area contributed by atoms with Crippen LogP contribution in [0.3, 0.4) is 0 Å². The van der Waals surface area contributed by atoms with E-state index in [0.29, 0.717) is 12.1 Å². The molecule has 3 nitrogen and oxygen atoms in total. The Labute approximate surface area is 161 Å². The third-order valence-corrected chi connectivity index (χ3v) is 5.47. The minimum atomic E-state index is 0.323. The minimum Gasteiger partial charge on any atom is -0.490 e. The lowest BCUT2D eigenvalue weighted by molar-refractivity contribution is 0.139. The monoisotopic (exact) mass is 360 g/mol. The number of hydrogen-bond donors (Lipinski definition) is 1. The molecule has 0 bridgehead atoms. The summed E-state index contributed by atoms with van der Waals surface area (Å²) < 4.78 is 6.26. The maximum Gasteiger partial charge on any atom is 0.120 e. The Balaban J connectivity index is 1.28. The highest BCUT2D eigenvalue weighted by atomic mass is 16.5. The molecule has 0 unspecified atom stereocenters. The number of aromatic nitrogens is 1. The summed E-state index contributed by atoms with van der Waals surface area (Å²) in [5, 5.41) is 6.08. The molecule has 1 aliphatic carbocycles. The highest BCUT2D eigenvalue weighted by molar-refractivity contribution is 5.82. The molecule has 1 aromatic heterocycles. The van der Waals surface area contributed by atoms with Crippen molar-refractivity contribution in [3.8, 4) is 5.75 Å². The van der Waals surface area contributed by atoms with Crippen LogP contribution in [0.5, 0.6) is 5.75 Å². The van der Waals surface area contributed by atoms with Crippen molar-refractivity contribution in [2.24, 2.45) is 0 Å². The fourth-order valence-electron chi connectivity index (χ4n) is 4.15. The van der Waals surface area contributed by atoms with Gasteiger partial charge in [0.15, 0.2) is 0 Å². The van der Waals surface area contributed by atoms with Crippen molar-refractivity contribution in [3.05, 3.63) is 71.5 Å². The molecule has 1 saturated carbocycles. The van der Waals surface area contributed by atoms with E-state index in [4.69, 9.17) is 4.74 Å². The van der Waals surface area contributed by atoms with Crippen molar-refractivity contribution in [2.75, 3.05) is 0 Å². The highest BCUT2D eigenvalue weighted by Crippen LogP contribution is 2.26. The van der Waals surface area contributed by atoms with Gasteiger partial charge in [-0.2, -0.15) is 0 Å². The van der Waals surface area contributed by atoms with Crippen LogP contribution in [0.25, 0.3) is 10.8 Å². The van der Waals surface area contributed by atoms with Gasteiger partial charge in [-0.25, -0.2) is 0 Å². The van der Waals surface area contributed by atoms with Crippen LogP contribution in [-0.4, -0.2) is 17.1 Å². The van der Waals surface area contributed by atoms with E-state index in [1.807, 2.05) is 18.5 Å². The van der Waals surface area contributed by atoms with Crippen molar-refractivity contribution >= 4 is 10.8 Å². The van der Waals surface area contributed by atoms with Crippen molar-refractivity contribution in [2.45, 2.75) is 58.2 Å². The largest absolute Gasteiger partial charge is 0.490 e. The van der Waals surface area contributed by atoms with Crippen molar-refractivity contribution in [1.82, 2.24) is 10.3 Å². The first-order valence-electron chi connectivity index (χ1n) is 9.97. The van der Waals surface area contributed by atoms with Gasteiger partial charge < -0.3 is 10.1 Å². The average molecular weight is 361 g/mol. The SMILES string of the molecule is Cc1cc(C)cc(CNC2CCC(Oc3ccc4cnccc4c3)CC2)c1. The zero-order chi connectivity index (χ0) is 18.6. The summed E-state index contributed by atoms with van der Waals surface area (Å²) in [7, 11) is 0. The van der Waals surface area contributed by atoms with E-state index in [1.54, 1.807) is 0 Å². The van der Waals surface area contributed by atoms with Crippen LogP contribution < -0.4 is 10.1 Å². The summed E-state index contributed by atoms with van der Waals surface area (Å²) in [4.78, 5) is 4.17. The van der Waals surface area contributed by atoms with Crippen LogP contribution in [0.15, 0.2) is 54.9 Å². The molecule has 0 saturated heterocycles. The van der Waals surface area contributed by atoms with Crippen molar-refractivity contribution in [3.63, 3.8) is 0 Å². The van der Waals surface area contributed by atoms with Crippen molar-refractivity contribution in [1.29, 1.82) is 0 Å². The maximum atomic E-state index is 6.26.